The highest BCUT2D eigenvalue weighted by Gasteiger charge is 2.34. The highest BCUT2D eigenvalue weighted by molar-refractivity contribution is 6.06. The van der Waals surface area contributed by atoms with E-state index in [1.54, 1.807) is 16.8 Å². The number of nitrogens with one attached hydrogen (secondary N) is 2. The number of aryl methyl sites for hydroxylation is 1. The third-order valence-corrected chi connectivity index (χ3v) is 5.87. The van der Waals surface area contributed by atoms with Crippen molar-refractivity contribution in [2.75, 3.05) is 10.6 Å². The van der Waals surface area contributed by atoms with Crippen LogP contribution in [0.4, 0.5) is 11.6 Å². The number of aromatic nitrogens is 3. The summed E-state index contributed by atoms with van der Waals surface area (Å²) in [5, 5.41) is 20.3. The Morgan fingerprint density at radius 1 is 1.00 bits per heavy atom. The Morgan fingerprint density at radius 3 is 2.41 bits per heavy atom. The molecule has 1 atom stereocenters. The number of fused-ring (bicyclic) bond motifs is 1. The zero-order valence-electron chi connectivity index (χ0n) is 18.8. The predicted octanol–water partition coefficient (Wildman–Crippen LogP) is 5.05. The second-order valence-electron chi connectivity index (χ2n) is 8.14. The first-order chi connectivity index (χ1) is 16.5. The molecule has 1 aliphatic heterocycles. The number of carbonyl (C=O) groups excluding carboxylic acids is 1. The Kier molecular flexibility index (Phi) is 5.40. The van der Waals surface area contributed by atoms with Crippen molar-refractivity contribution in [3.8, 4) is 17.5 Å². The number of nitriles is 1. The van der Waals surface area contributed by atoms with E-state index in [4.69, 9.17) is 10.1 Å². The second-order valence-corrected chi connectivity index (χ2v) is 8.14. The van der Waals surface area contributed by atoms with Crippen molar-refractivity contribution in [1.29, 1.82) is 5.26 Å². The van der Waals surface area contributed by atoms with Crippen LogP contribution in [0.25, 0.3) is 11.4 Å². The highest BCUT2D eigenvalue weighted by atomic mass is 16.1. The summed E-state index contributed by atoms with van der Waals surface area (Å²) in [5.41, 5.74) is 5.30. The van der Waals surface area contributed by atoms with Crippen LogP contribution in [-0.2, 0) is 4.79 Å². The van der Waals surface area contributed by atoms with Gasteiger partial charge in [0.25, 0.3) is 5.91 Å². The van der Waals surface area contributed by atoms with Crippen LogP contribution in [0.2, 0.25) is 0 Å². The highest BCUT2D eigenvalue weighted by Crippen LogP contribution is 2.37. The minimum Gasteiger partial charge on any atom is -0.328 e. The van der Waals surface area contributed by atoms with E-state index in [-0.39, 0.29) is 5.91 Å². The van der Waals surface area contributed by atoms with Gasteiger partial charge in [-0.05, 0) is 49.2 Å². The Morgan fingerprint density at radius 2 is 1.71 bits per heavy atom. The number of para-hydroxylation sites is 1. The Balaban J connectivity index is 1.62. The molecule has 0 saturated carbocycles. The zero-order valence-corrected chi connectivity index (χ0v) is 18.8. The average molecular weight is 447 g/mol. The molecule has 5 rings (SSSR count). The topological polar surface area (TPSA) is 95.6 Å². The van der Waals surface area contributed by atoms with E-state index >= 15 is 0 Å². The monoisotopic (exact) mass is 446 g/mol. The van der Waals surface area contributed by atoms with Gasteiger partial charge in [0, 0.05) is 16.9 Å². The third kappa shape index (κ3) is 3.82. The molecule has 7 nitrogen and oxygen atoms in total. The molecule has 0 spiro atoms. The van der Waals surface area contributed by atoms with Crippen molar-refractivity contribution in [2.24, 2.45) is 0 Å². The van der Waals surface area contributed by atoms with E-state index in [1.807, 2.05) is 80.6 Å². The van der Waals surface area contributed by atoms with Gasteiger partial charge >= 0.3 is 0 Å². The fourth-order valence-corrected chi connectivity index (χ4v) is 4.15. The van der Waals surface area contributed by atoms with E-state index in [1.165, 1.54) is 0 Å². The number of hydrogen-bond acceptors (Lipinski definition) is 5. The Bertz CT molecular complexity index is 1440. The lowest BCUT2D eigenvalue weighted by Gasteiger charge is -2.28. The molecular weight excluding hydrogens is 424 g/mol. The molecule has 4 aromatic rings. The number of allylic oxidation sites excluding steroid dienone is 1. The van der Waals surface area contributed by atoms with E-state index < -0.39 is 6.04 Å². The molecule has 166 valence electrons. The molecule has 3 aromatic carbocycles. The largest absolute Gasteiger partial charge is 0.328 e. The van der Waals surface area contributed by atoms with Gasteiger partial charge in [0.15, 0.2) is 5.82 Å². The maximum atomic E-state index is 13.5. The van der Waals surface area contributed by atoms with Crippen LogP contribution in [0.5, 0.6) is 0 Å². The number of rotatable bonds is 4. The van der Waals surface area contributed by atoms with Crippen molar-refractivity contribution < 1.29 is 4.79 Å². The van der Waals surface area contributed by atoms with Crippen molar-refractivity contribution in [3.63, 3.8) is 0 Å². The number of benzene rings is 3. The van der Waals surface area contributed by atoms with Crippen LogP contribution in [0.1, 0.15) is 29.7 Å². The van der Waals surface area contributed by atoms with Gasteiger partial charge in [0.2, 0.25) is 5.95 Å². The molecule has 7 heteroatoms. The Hall–Kier alpha value is -4.70. The quantitative estimate of drug-likeness (QED) is 0.457. The summed E-state index contributed by atoms with van der Waals surface area (Å²) in [7, 11) is 0. The molecule has 1 amide bonds. The van der Waals surface area contributed by atoms with Gasteiger partial charge < -0.3 is 10.6 Å². The van der Waals surface area contributed by atoms with E-state index in [0.717, 1.165) is 16.7 Å². The first-order valence-corrected chi connectivity index (χ1v) is 10.9. The summed E-state index contributed by atoms with van der Waals surface area (Å²) in [4.78, 5) is 18.2. The molecule has 2 N–H and O–H groups in total. The Labute approximate surface area is 197 Å². The van der Waals surface area contributed by atoms with Gasteiger partial charge in [-0.2, -0.15) is 10.2 Å². The molecular formula is C27H22N6O. The van der Waals surface area contributed by atoms with Crippen LogP contribution in [0.15, 0.2) is 90.1 Å². The van der Waals surface area contributed by atoms with E-state index in [0.29, 0.717) is 34.3 Å². The number of anilines is 2. The standard InChI is InChI=1S/C27H22N6O/c1-17-8-6-7-11-22(17)25-31-27-29-18(2)23(26(34)30-21-9-4-3-5-10-21)24(33(27)32-25)20-14-12-19(16-28)13-15-20/h3-15,24H,1-2H3,(H,30,34)(H,29,31,32). The summed E-state index contributed by atoms with van der Waals surface area (Å²) in [6.07, 6.45) is 0. The number of amides is 1. The van der Waals surface area contributed by atoms with Gasteiger partial charge in [-0.3, -0.25) is 4.79 Å². The van der Waals surface area contributed by atoms with Gasteiger partial charge in [-0.25, -0.2) is 4.68 Å². The molecule has 0 bridgehead atoms. The fraction of sp³-hybridized carbons (Fsp3) is 0.111. The minimum absolute atomic E-state index is 0.232. The average Bonchev–Trinajstić information content (AvgIpc) is 3.27. The van der Waals surface area contributed by atoms with Crippen LogP contribution in [0, 0.1) is 18.3 Å². The van der Waals surface area contributed by atoms with Crippen molar-refractivity contribution in [3.05, 3.63) is 107 Å². The lowest BCUT2D eigenvalue weighted by atomic mass is 9.94. The molecule has 1 unspecified atom stereocenters. The lowest BCUT2D eigenvalue weighted by Crippen LogP contribution is -2.31. The molecule has 0 aliphatic carbocycles. The molecule has 1 aromatic heterocycles. The first kappa shape index (κ1) is 21.2. The van der Waals surface area contributed by atoms with Gasteiger partial charge in [-0.1, -0.05) is 54.6 Å². The first-order valence-electron chi connectivity index (χ1n) is 10.9. The zero-order chi connectivity index (χ0) is 23.7. The maximum absolute atomic E-state index is 13.5. The summed E-state index contributed by atoms with van der Waals surface area (Å²) in [5.74, 6) is 0.905. The SMILES string of the molecule is CC1=C(C(=O)Nc2ccccc2)C(c2ccc(C#N)cc2)n2nc(-c3ccccc3C)nc2N1. The normalized spacial score (nSPS) is 14.7. The van der Waals surface area contributed by atoms with Gasteiger partial charge in [0.1, 0.15) is 6.04 Å². The second kappa shape index (κ2) is 8.68. The maximum Gasteiger partial charge on any atom is 0.255 e. The third-order valence-electron chi connectivity index (χ3n) is 5.87. The molecule has 0 saturated heterocycles. The van der Waals surface area contributed by atoms with Crippen molar-refractivity contribution in [2.45, 2.75) is 19.9 Å². The molecule has 0 radical (unpaired) electrons. The summed E-state index contributed by atoms with van der Waals surface area (Å²) >= 11 is 0. The van der Waals surface area contributed by atoms with Crippen LogP contribution in [-0.4, -0.2) is 20.7 Å². The molecule has 0 fully saturated rings. The van der Waals surface area contributed by atoms with Crippen molar-refractivity contribution >= 4 is 17.5 Å². The summed E-state index contributed by atoms with van der Waals surface area (Å²) in [6.45, 7) is 3.88. The molecule has 34 heavy (non-hydrogen) atoms. The number of nitrogens with zero attached hydrogens (tertiary/aromatic N) is 4. The molecule has 2 heterocycles. The lowest BCUT2D eigenvalue weighted by molar-refractivity contribution is -0.113. The van der Waals surface area contributed by atoms with E-state index in [2.05, 4.69) is 16.7 Å². The summed E-state index contributed by atoms with van der Waals surface area (Å²) in [6, 6.07) is 26.1. The predicted molar refractivity (Wildman–Crippen MR) is 131 cm³/mol. The number of hydrogen-bond donors (Lipinski definition) is 2. The van der Waals surface area contributed by atoms with Crippen LogP contribution >= 0.6 is 0 Å². The fourth-order valence-electron chi connectivity index (χ4n) is 4.15. The van der Waals surface area contributed by atoms with Crippen LogP contribution in [0.3, 0.4) is 0 Å². The summed E-state index contributed by atoms with van der Waals surface area (Å²) < 4.78 is 1.75. The minimum atomic E-state index is -0.516. The van der Waals surface area contributed by atoms with Crippen molar-refractivity contribution in [1.82, 2.24) is 14.8 Å². The van der Waals surface area contributed by atoms with Crippen LogP contribution < -0.4 is 10.6 Å². The van der Waals surface area contributed by atoms with E-state index in [9.17, 15) is 10.1 Å². The van der Waals surface area contributed by atoms with Gasteiger partial charge in [0.05, 0.1) is 17.2 Å². The molecule has 1 aliphatic rings. The number of carbonyl (C=O) groups is 1. The smallest absolute Gasteiger partial charge is 0.255 e. The van der Waals surface area contributed by atoms with Gasteiger partial charge in [-0.15, -0.1) is 5.10 Å².